The van der Waals surface area contributed by atoms with Gasteiger partial charge in [-0.25, -0.2) is 0 Å². The van der Waals surface area contributed by atoms with E-state index >= 15 is 0 Å². The molecule has 0 aliphatic carbocycles. The summed E-state index contributed by atoms with van der Waals surface area (Å²) < 4.78 is 23.4. The Morgan fingerprint density at radius 3 is 2.19 bits per heavy atom. The van der Waals surface area contributed by atoms with E-state index in [4.69, 9.17) is 18.9 Å². The average Bonchev–Trinajstić information content (AvgIpc) is 2.65. The van der Waals surface area contributed by atoms with Crippen molar-refractivity contribution in [2.75, 3.05) is 19.8 Å². The fourth-order valence-electron chi connectivity index (χ4n) is 4.03. The molecule has 4 unspecified atom stereocenters. The average molecular weight is 435 g/mol. The third kappa shape index (κ3) is 8.40. The highest BCUT2D eigenvalue weighted by Crippen LogP contribution is 2.39. The fraction of sp³-hybridized carbons (Fsp3) is 0.778. The summed E-state index contributed by atoms with van der Waals surface area (Å²) in [5.74, 6) is 2.53. The lowest BCUT2D eigenvalue weighted by atomic mass is 9.76. The first kappa shape index (κ1) is 26.2. The zero-order chi connectivity index (χ0) is 23.2. The van der Waals surface area contributed by atoms with E-state index in [0.717, 1.165) is 25.4 Å². The van der Waals surface area contributed by atoms with Crippen LogP contribution >= 0.6 is 0 Å². The molecule has 1 aromatic carbocycles. The maximum Gasteiger partial charge on any atom is 0.196 e. The van der Waals surface area contributed by atoms with Crippen LogP contribution in [0.2, 0.25) is 0 Å². The Morgan fingerprint density at radius 2 is 1.71 bits per heavy atom. The smallest absolute Gasteiger partial charge is 0.196 e. The van der Waals surface area contributed by atoms with Crippen LogP contribution in [0.3, 0.4) is 0 Å². The largest absolute Gasteiger partial charge is 0.465 e. The fourth-order valence-corrected chi connectivity index (χ4v) is 4.03. The lowest BCUT2D eigenvalue weighted by Crippen LogP contribution is -2.52. The first-order chi connectivity index (χ1) is 14.4. The molecule has 4 atom stereocenters. The molecular weight excluding hydrogens is 388 g/mol. The van der Waals surface area contributed by atoms with Crippen LogP contribution in [0.5, 0.6) is 5.75 Å². The van der Waals surface area contributed by atoms with Crippen LogP contribution in [-0.2, 0) is 14.2 Å². The molecule has 1 saturated heterocycles. The van der Waals surface area contributed by atoms with E-state index in [2.05, 4.69) is 79.7 Å². The first-order valence-electron chi connectivity index (χ1n) is 12.0. The molecule has 1 aliphatic heterocycles. The van der Waals surface area contributed by atoms with E-state index < -0.39 is 0 Å². The zero-order valence-corrected chi connectivity index (χ0v) is 21.4. The van der Waals surface area contributed by atoms with Gasteiger partial charge in [0.1, 0.15) is 5.75 Å². The van der Waals surface area contributed by atoms with Gasteiger partial charge < -0.3 is 18.9 Å². The third-order valence-electron chi connectivity index (χ3n) is 5.99. The minimum absolute atomic E-state index is 0.0230. The molecule has 0 aromatic heterocycles. The van der Waals surface area contributed by atoms with Crippen molar-refractivity contribution >= 4 is 0 Å². The van der Waals surface area contributed by atoms with E-state index in [-0.39, 0.29) is 18.0 Å². The number of hydrogen-bond donors (Lipinski definition) is 0. The van der Waals surface area contributed by atoms with E-state index in [1.165, 1.54) is 12.0 Å². The van der Waals surface area contributed by atoms with Gasteiger partial charge in [0.15, 0.2) is 12.6 Å². The standard InChI is InChI=1S/C27H46O4/c1-19(2)17-29-25-27(9,18-30-25)14-15-28-21(5)31-23-12-10-22(11-13-23)24(20(3)4)16-26(6,7)8/h10-13,19-21,24-25H,14-18H2,1-9H3. The molecule has 178 valence electrons. The minimum Gasteiger partial charge on any atom is -0.465 e. The Bertz CT molecular complexity index is 646. The molecule has 1 aromatic rings. The number of benzene rings is 1. The molecule has 31 heavy (non-hydrogen) atoms. The molecule has 1 heterocycles. The van der Waals surface area contributed by atoms with E-state index in [9.17, 15) is 0 Å². The van der Waals surface area contributed by atoms with E-state index in [0.29, 0.717) is 29.8 Å². The summed E-state index contributed by atoms with van der Waals surface area (Å²) in [6, 6.07) is 8.57. The second kappa shape index (κ2) is 11.2. The van der Waals surface area contributed by atoms with Crippen molar-refractivity contribution in [3.63, 3.8) is 0 Å². The molecule has 0 radical (unpaired) electrons. The highest BCUT2D eigenvalue weighted by Gasteiger charge is 2.45. The van der Waals surface area contributed by atoms with Gasteiger partial charge in [0, 0.05) is 5.41 Å². The van der Waals surface area contributed by atoms with Crippen molar-refractivity contribution in [1.29, 1.82) is 0 Å². The molecule has 0 saturated carbocycles. The molecule has 0 amide bonds. The highest BCUT2D eigenvalue weighted by atomic mass is 16.7. The Kier molecular flexibility index (Phi) is 9.41. The molecule has 0 N–H and O–H groups in total. The summed E-state index contributed by atoms with van der Waals surface area (Å²) in [6.07, 6.45) is 1.66. The Labute approximate surface area is 191 Å². The van der Waals surface area contributed by atoms with Gasteiger partial charge in [0.05, 0.1) is 19.8 Å². The van der Waals surface area contributed by atoms with Crippen LogP contribution in [0.15, 0.2) is 24.3 Å². The highest BCUT2D eigenvalue weighted by molar-refractivity contribution is 5.30. The van der Waals surface area contributed by atoms with Crippen LogP contribution in [-0.4, -0.2) is 32.4 Å². The summed E-state index contributed by atoms with van der Waals surface area (Å²) in [4.78, 5) is 0. The lowest BCUT2D eigenvalue weighted by Gasteiger charge is -2.46. The van der Waals surface area contributed by atoms with Gasteiger partial charge in [0.2, 0.25) is 0 Å². The van der Waals surface area contributed by atoms with Gasteiger partial charge >= 0.3 is 0 Å². The van der Waals surface area contributed by atoms with Crippen molar-refractivity contribution in [3.05, 3.63) is 29.8 Å². The van der Waals surface area contributed by atoms with Crippen molar-refractivity contribution < 1.29 is 18.9 Å². The second-order valence-corrected chi connectivity index (χ2v) is 11.5. The van der Waals surface area contributed by atoms with Crippen molar-refractivity contribution in [3.8, 4) is 5.75 Å². The molecular formula is C27H46O4. The van der Waals surface area contributed by atoms with Gasteiger partial charge in [0.25, 0.3) is 0 Å². The van der Waals surface area contributed by atoms with Gasteiger partial charge in [-0.05, 0) is 60.6 Å². The molecule has 4 heteroatoms. The van der Waals surface area contributed by atoms with Crippen LogP contribution in [0, 0.1) is 22.7 Å². The molecule has 1 fully saturated rings. The Hall–Kier alpha value is -1.10. The minimum atomic E-state index is -0.291. The monoisotopic (exact) mass is 434 g/mol. The number of rotatable bonds is 12. The van der Waals surface area contributed by atoms with Gasteiger partial charge in [-0.3, -0.25) is 0 Å². The Balaban J connectivity index is 1.80. The molecule has 4 nitrogen and oxygen atoms in total. The first-order valence-corrected chi connectivity index (χ1v) is 12.0. The maximum atomic E-state index is 6.00. The van der Waals surface area contributed by atoms with Crippen molar-refractivity contribution in [1.82, 2.24) is 0 Å². The quantitative estimate of drug-likeness (QED) is 0.331. The van der Waals surface area contributed by atoms with E-state index in [1.807, 2.05) is 6.92 Å². The lowest BCUT2D eigenvalue weighted by molar-refractivity contribution is -0.310. The molecule has 2 rings (SSSR count). The van der Waals surface area contributed by atoms with Crippen LogP contribution in [0.1, 0.15) is 86.6 Å². The van der Waals surface area contributed by atoms with Crippen LogP contribution in [0.25, 0.3) is 0 Å². The SMILES string of the molecule is CC(C)COC1OCC1(C)CCOC(C)Oc1ccc(C(CC(C)(C)C)C(C)C)cc1. The summed E-state index contributed by atoms with van der Waals surface area (Å²) in [6.45, 7) is 22.1. The van der Waals surface area contributed by atoms with Crippen LogP contribution < -0.4 is 4.74 Å². The third-order valence-corrected chi connectivity index (χ3v) is 5.99. The maximum absolute atomic E-state index is 6.00. The summed E-state index contributed by atoms with van der Waals surface area (Å²) in [5.41, 5.74) is 1.72. The van der Waals surface area contributed by atoms with Crippen molar-refractivity contribution in [2.24, 2.45) is 22.7 Å². The summed E-state index contributed by atoms with van der Waals surface area (Å²) >= 11 is 0. The number of ether oxygens (including phenoxy) is 4. The van der Waals surface area contributed by atoms with Crippen molar-refractivity contribution in [2.45, 2.75) is 93.7 Å². The van der Waals surface area contributed by atoms with Gasteiger partial charge in [-0.1, -0.05) is 67.5 Å². The topological polar surface area (TPSA) is 36.9 Å². The summed E-state index contributed by atoms with van der Waals surface area (Å²) in [5, 5.41) is 0. The molecule has 1 aliphatic rings. The molecule has 0 spiro atoms. The van der Waals surface area contributed by atoms with Gasteiger partial charge in [-0.2, -0.15) is 0 Å². The zero-order valence-electron chi connectivity index (χ0n) is 21.4. The number of hydrogen-bond acceptors (Lipinski definition) is 4. The Morgan fingerprint density at radius 1 is 1.06 bits per heavy atom. The van der Waals surface area contributed by atoms with E-state index in [1.54, 1.807) is 0 Å². The second-order valence-electron chi connectivity index (χ2n) is 11.5. The predicted molar refractivity (Wildman–Crippen MR) is 127 cm³/mol. The predicted octanol–water partition coefficient (Wildman–Crippen LogP) is 7.03. The molecule has 0 bridgehead atoms. The summed E-state index contributed by atoms with van der Waals surface area (Å²) in [7, 11) is 0. The van der Waals surface area contributed by atoms with Crippen LogP contribution in [0.4, 0.5) is 0 Å². The van der Waals surface area contributed by atoms with Gasteiger partial charge in [-0.15, -0.1) is 0 Å². The normalized spacial score (nSPS) is 23.6.